The molecule has 0 bridgehead atoms. The minimum atomic E-state index is -1.40. The lowest BCUT2D eigenvalue weighted by Crippen LogP contribution is -2.60. The summed E-state index contributed by atoms with van der Waals surface area (Å²) in [6.45, 7) is 1.44. The number of aryl methyl sites for hydroxylation is 1. The Hall–Kier alpha value is -1.38. The minimum Gasteiger partial charge on any atom is -0.496 e. The molecule has 1 aromatic carbocycles. The number of methoxy groups -OCH3 is 1. The number of hydrogen-bond donors (Lipinski definition) is 5. The van der Waals surface area contributed by atoms with E-state index in [0.717, 1.165) is 5.56 Å². The van der Waals surface area contributed by atoms with Crippen molar-refractivity contribution < 1.29 is 29.9 Å². The second-order valence-corrected chi connectivity index (χ2v) is 5.08. The number of anilines is 1. The first-order valence-corrected chi connectivity index (χ1v) is 6.69. The molecule has 0 radical (unpaired) electrons. The van der Waals surface area contributed by atoms with Crippen LogP contribution >= 0.6 is 0 Å². The first-order valence-electron chi connectivity index (χ1n) is 6.69. The Morgan fingerprint density at radius 1 is 1.19 bits per heavy atom. The molecule has 0 saturated carbocycles. The highest BCUT2D eigenvalue weighted by Gasteiger charge is 2.43. The third kappa shape index (κ3) is 3.28. The lowest BCUT2D eigenvalue weighted by atomic mass is 9.98. The van der Waals surface area contributed by atoms with E-state index in [1.54, 1.807) is 19.2 Å². The van der Waals surface area contributed by atoms with Crippen molar-refractivity contribution in [3.05, 3.63) is 23.8 Å². The first-order chi connectivity index (χ1) is 9.97. The highest BCUT2D eigenvalue weighted by molar-refractivity contribution is 5.52. The molecule has 0 unspecified atom stereocenters. The van der Waals surface area contributed by atoms with E-state index >= 15 is 0 Å². The van der Waals surface area contributed by atoms with Crippen molar-refractivity contribution in [1.29, 1.82) is 0 Å². The van der Waals surface area contributed by atoms with Crippen molar-refractivity contribution in [2.45, 2.75) is 37.6 Å². The maximum Gasteiger partial charge on any atom is 0.157 e. The van der Waals surface area contributed by atoms with E-state index in [2.05, 4.69) is 5.32 Å². The molecule has 5 N–H and O–H groups in total. The van der Waals surface area contributed by atoms with Gasteiger partial charge < -0.3 is 35.2 Å². The number of aliphatic hydroxyl groups is 4. The van der Waals surface area contributed by atoms with Crippen LogP contribution in [-0.4, -0.2) is 64.8 Å². The Kier molecular flexibility index (Phi) is 5.02. The molecule has 0 spiro atoms. The number of hydrogen-bond acceptors (Lipinski definition) is 7. The molecule has 0 amide bonds. The molecule has 118 valence electrons. The van der Waals surface area contributed by atoms with E-state index in [4.69, 9.17) is 14.6 Å². The number of benzene rings is 1. The van der Waals surface area contributed by atoms with Gasteiger partial charge in [-0.1, -0.05) is 6.07 Å². The van der Waals surface area contributed by atoms with Crippen molar-refractivity contribution in [1.82, 2.24) is 0 Å². The quantitative estimate of drug-likeness (QED) is 0.495. The Balaban J connectivity index is 2.14. The highest BCUT2D eigenvalue weighted by atomic mass is 16.6. The number of aliphatic hydroxyl groups excluding tert-OH is 4. The van der Waals surface area contributed by atoms with Gasteiger partial charge in [-0.05, 0) is 18.6 Å². The summed E-state index contributed by atoms with van der Waals surface area (Å²) in [6.07, 6.45) is -5.98. The monoisotopic (exact) mass is 299 g/mol. The predicted octanol–water partition coefficient (Wildman–Crippen LogP) is -0.785. The van der Waals surface area contributed by atoms with Gasteiger partial charge in [-0.2, -0.15) is 0 Å². The van der Waals surface area contributed by atoms with E-state index < -0.39 is 37.3 Å². The van der Waals surface area contributed by atoms with Gasteiger partial charge in [0, 0.05) is 11.8 Å². The normalized spacial score (nSPS) is 32.8. The summed E-state index contributed by atoms with van der Waals surface area (Å²) >= 11 is 0. The van der Waals surface area contributed by atoms with Crippen molar-refractivity contribution in [2.75, 3.05) is 19.0 Å². The Morgan fingerprint density at radius 3 is 2.52 bits per heavy atom. The lowest BCUT2D eigenvalue weighted by molar-refractivity contribution is -0.221. The largest absolute Gasteiger partial charge is 0.496 e. The van der Waals surface area contributed by atoms with Gasteiger partial charge in [-0.25, -0.2) is 0 Å². The zero-order chi connectivity index (χ0) is 15.6. The number of rotatable bonds is 4. The van der Waals surface area contributed by atoms with Gasteiger partial charge in [0.25, 0.3) is 0 Å². The van der Waals surface area contributed by atoms with Crippen LogP contribution in [0.2, 0.25) is 0 Å². The molecule has 1 aromatic rings. The van der Waals surface area contributed by atoms with E-state index in [9.17, 15) is 15.3 Å². The topological polar surface area (TPSA) is 111 Å². The molecule has 0 aromatic heterocycles. The fourth-order valence-corrected chi connectivity index (χ4v) is 2.29. The molecule has 7 nitrogen and oxygen atoms in total. The van der Waals surface area contributed by atoms with Crippen molar-refractivity contribution in [3.63, 3.8) is 0 Å². The van der Waals surface area contributed by atoms with Crippen molar-refractivity contribution in [2.24, 2.45) is 0 Å². The molecule has 1 aliphatic heterocycles. The Bertz CT molecular complexity index is 481. The summed E-state index contributed by atoms with van der Waals surface area (Å²) in [5.41, 5.74) is 1.58. The van der Waals surface area contributed by atoms with Crippen LogP contribution in [0.25, 0.3) is 0 Å². The van der Waals surface area contributed by atoms with E-state index in [1.165, 1.54) is 0 Å². The number of nitrogens with one attached hydrogen (secondary N) is 1. The molecule has 1 heterocycles. The molecular formula is C14H21NO6. The molecule has 1 fully saturated rings. The fourth-order valence-electron chi connectivity index (χ4n) is 2.29. The van der Waals surface area contributed by atoms with Crippen molar-refractivity contribution in [3.8, 4) is 5.75 Å². The fraction of sp³-hybridized carbons (Fsp3) is 0.571. The van der Waals surface area contributed by atoms with Gasteiger partial charge in [0.15, 0.2) is 6.23 Å². The maximum absolute atomic E-state index is 9.95. The van der Waals surface area contributed by atoms with Crippen LogP contribution < -0.4 is 10.1 Å². The smallest absolute Gasteiger partial charge is 0.157 e. The lowest BCUT2D eigenvalue weighted by Gasteiger charge is -2.40. The second-order valence-electron chi connectivity index (χ2n) is 5.08. The highest BCUT2D eigenvalue weighted by Crippen LogP contribution is 2.26. The summed E-state index contributed by atoms with van der Waals surface area (Å²) in [5, 5.41) is 41.5. The summed E-state index contributed by atoms with van der Waals surface area (Å²) in [6, 6.07) is 5.35. The zero-order valence-corrected chi connectivity index (χ0v) is 11.9. The standard InChI is InChI=1S/C14H21NO6/c1-7-3-4-8(5-9(7)20-2)15-14-13(19)12(18)11(17)10(6-16)21-14/h3-5,10-19H,6H2,1-2H3/t10-,11+,12+,13-,14+/m0/s1. The number of ether oxygens (including phenoxy) is 2. The van der Waals surface area contributed by atoms with Crippen LogP contribution in [0.1, 0.15) is 5.56 Å². The predicted molar refractivity (Wildman–Crippen MR) is 75.1 cm³/mol. The van der Waals surface area contributed by atoms with E-state index in [0.29, 0.717) is 11.4 Å². The van der Waals surface area contributed by atoms with E-state index in [1.807, 2.05) is 13.0 Å². The van der Waals surface area contributed by atoms with Crippen molar-refractivity contribution >= 4 is 5.69 Å². The van der Waals surface area contributed by atoms with Gasteiger partial charge in [0.2, 0.25) is 0 Å². The van der Waals surface area contributed by atoms with E-state index in [-0.39, 0.29) is 0 Å². The third-order valence-electron chi connectivity index (χ3n) is 3.61. The van der Waals surface area contributed by atoms with Gasteiger partial charge in [-0.15, -0.1) is 0 Å². The van der Waals surface area contributed by atoms with Crippen LogP contribution in [-0.2, 0) is 4.74 Å². The van der Waals surface area contributed by atoms with Crippen LogP contribution in [0.3, 0.4) is 0 Å². The van der Waals surface area contributed by atoms with Gasteiger partial charge in [0.05, 0.1) is 13.7 Å². The first kappa shape index (κ1) is 16.0. The van der Waals surface area contributed by atoms with Crippen LogP contribution in [0.5, 0.6) is 5.75 Å². The average Bonchev–Trinajstić information content (AvgIpc) is 2.49. The Morgan fingerprint density at radius 2 is 1.90 bits per heavy atom. The average molecular weight is 299 g/mol. The van der Waals surface area contributed by atoms with Crippen LogP contribution in [0.15, 0.2) is 18.2 Å². The van der Waals surface area contributed by atoms with Gasteiger partial charge in [0.1, 0.15) is 30.2 Å². The molecule has 2 rings (SSSR count). The SMILES string of the molecule is COc1cc(N[C@@H]2O[C@@H](CO)[C@@H](O)[C@@H](O)[C@@H]2O)ccc1C. The summed E-state index contributed by atoms with van der Waals surface area (Å²) in [5.74, 6) is 0.671. The molecule has 7 heteroatoms. The molecule has 1 aliphatic rings. The second kappa shape index (κ2) is 6.59. The summed E-state index contributed by atoms with van der Waals surface area (Å²) in [4.78, 5) is 0. The molecule has 5 atom stereocenters. The molecule has 1 saturated heterocycles. The third-order valence-corrected chi connectivity index (χ3v) is 3.61. The zero-order valence-electron chi connectivity index (χ0n) is 11.9. The molecule has 21 heavy (non-hydrogen) atoms. The molecular weight excluding hydrogens is 278 g/mol. The van der Waals surface area contributed by atoms with Gasteiger partial charge in [-0.3, -0.25) is 0 Å². The Labute approximate surface area is 122 Å². The van der Waals surface area contributed by atoms with Crippen LogP contribution in [0.4, 0.5) is 5.69 Å². The summed E-state index contributed by atoms with van der Waals surface area (Å²) in [7, 11) is 1.56. The minimum absolute atomic E-state index is 0.458. The van der Waals surface area contributed by atoms with Crippen LogP contribution in [0, 0.1) is 6.92 Å². The molecule has 0 aliphatic carbocycles. The van der Waals surface area contributed by atoms with Gasteiger partial charge >= 0.3 is 0 Å². The maximum atomic E-state index is 9.95. The summed E-state index contributed by atoms with van der Waals surface area (Å²) < 4.78 is 10.6.